The van der Waals surface area contributed by atoms with Crippen LogP contribution >= 0.6 is 11.6 Å². The summed E-state index contributed by atoms with van der Waals surface area (Å²) < 4.78 is 40.2. The Morgan fingerprint density at radius 1 is 1.03 bits per heavy atom. The molecule has 4 aliphatic carbocycles. The summed E-state index contributed by atoms with van der Waals surface area (Å²) in [6.07, 6.45) is 12.8. The lowest BCUT2D eigenvalue weighted by atomic mass is 9.39. The number of hydrogen-bond acceptors (Lipinski definition) is 9. The van der Waals surface area contributed by atoms with E-state index in [9.17, 15) is 18.5 Å². The highest BCUT2D eigenvalue weighted by atomic mass is 35.5. The molecule has 2 aromatic carbocycles. The number of hydrogen-bond donors (Lipinski definition) is 1. The van der Waals surface area contributed by atoms with Crippen LogP contribution in [-0.2, 0) is 21.0 Å². The molecule has 6 aliphatic rings. The van der Waals surface area contributed by atoms with Crippen molar-refractivity contribution < 1.29 is 22.8 Å². The van der Waals surface area contributed by atoms with Crippen LogP contribution in [0.3, 0.4) is 0 Å². The zero-order valence-corrected chi connectivity index (χ0v) is 35.8. The Morgan fingerprint density at radius 2 is 1.78 bits per heavy atom. The summed E-state index contributed by atoms with van der Waals surface area (Å²) >= 11 is 6.74. The molecule has 4 aromatic rings. The SMILES string of the molecule is CC1(C)CCC(CN2CCN(c3ccc(C(CS(=O)(=O)c4ccc(CCC5CCOCC5)c([N+](=O)[O-])c4)Oc4cnc5[nH]ccc5c4)cc3)CC2)=C(C23CC(Cl)(C2)C3)C1. The van der Waals surface area contributed by atoms with Crippen molar-refractivity contribution in [1.29, 1.82) is 0 Å². The van der Waals surface area contributed by atoms with Gasteiger partial charge in [-0.2, -0.15) is 0 Å². The van der Waals surface area contributed by atoms with Crippen LogP contribution in [0.25, 0.3) is 11.0 Å². The van der Waals surface area contributed by atoms with Gasteiger partial charge in [0, 0.05) is 79.7 Å². The maximum Gasteiger partial charge on any atom is 0.273 e. The molecular formula is C46H56ClN5O6S. The van der Waals surface area contributed by atoms with E-state index >= 15 is 0 Å². The van der Waals surface area contributed by atoms with Crippen LogP contribution in [0.4, 0.5) is 11.4 Å². The number of H-pyrrole nitrogens is 1. The average Bonchev–Trinajstić information content (AvgIpc) is 3.68. The van der Waals surface area contributed by atoms with E-state index in [0.717, 1.165) is 82.3 Å². The zero-order chi connectivity index (χ0) is 41.0. The molecule has 5 fully saturated rings. The van der Waals surface area contributed by atoms with Crippen LogP contribution < -0.4 is 9.64 Å². The number of anilines is 1. The van der Waals surface area contributed by atoms with Crippen LogP contribution in [0.15, 0.2) is 83.0 Å². The van der Waals surface area contributed by atoms with Crippen LogP contribution in [0.5, 0.6) is 5.75 Å². The summed E-state index contributed by atoms with van der Waals surface area (Å²) in [5.74, 6) is 0.466. The molecule has 1 unspecified atom stereocenters. The fourth-order valence-electron chi connectivity index (χ4n) is 10.5. The standard InChI is InChI=1S/C46H56ClN5O6S/c1-44(2)15-11-36(40(25-44)45-29-46(47,30-45)31-45)27-50-17-19-51(20-18-50)37-8-5-34(6-9-37)42(58-38-23-35-12-16-48-43(35)49-26-38)28-59(55,56)39-10-7-33(41(24-39)52(53)54)4-3-32-13-21-57-22-14-32/h5-10,12,16,23-24,26,32,42H,3-4,11,13-15,17-22,25,27-31H2,1-2H3,(H,48,49). The summed E-state index contributed by atoms with van der Waals surface area (Å²) in [6.45, 7) is 11.1. The molecule has 4 heterocycles. The maximum absolute atomic E-state index is 14.1. The smallest absolute Gasteiger partial charge is 0.273 e. The largest absolute Gasteiger partial charge is 0.483 e. The number of pyridine rings is 1. The first kappa shape index (κ1) is 40.4. The Kier molecular flexibility index (Phi) is 10.8. The molecule has 2 bridgehead atoms. The Hall–Kier alpha value is -3.97. The van der Waals surface area contributed by atoms with Crippen molar-refractivity contribution in [3.63, 3.8) is 0 Å². The second kappa shape index (κ2) is 15.8. The monoisotopic (exact) mass is 841 g/mol. The van der Waals surface area contributed by atoms with Crippen molar-refractivity contribution >= 4 is 43.8 Å². The molecule has 1 atom stereocenters. The number of benzene rings is 2. The number of nitro groups is 1. The number of nitrogens with one attached hydrogen (secondary N) is 1. The Labute approximate surface area is 352 Å². The number of ether oxygens (including phenoxy) is 2. The topological polar surface area (TPSA) is 131 Å². The summed E-state index contributed by atoms with van der Waals surface area (Å²) in [5.41, 5.74) is 6.99. The van der Waals surface area contributed by atoms with Gasteiger partial charge in [0.2, 0.25) is 0 Å². The van der Waals surface area contributed by atoms with Gasteiger partial charge in [-0.15, -0.1) is 11.6 Å². The summed E-state index contributed by atoms with van der Waals surface area (Å²) in [4.78, 5) is 24.3. The zero-order valence-electron chi connectivity index (χ0n) is 34.3. The van der Waals surface area contributed by atoms with Gasteiger partial charge in [0.05, 0.1) is 21.8 Å². The third kappa shape index (κ3) is 8.52. The first-order valence-corrected chi connectivity index (χ1v) is 23.4. The lowest BCUT2D eigenvalue weighted by Gasteiger charge is -2.70. The van der Waals surface area contributed by atoms with E-state index in [1.54, 1.807) is 29.6 Å². The summed E-state index contributed by atoms with van der Waals surface area (Å²) in [6, 6.07) is 16.0. The van der Waals surface area contributed by atoms with Gasteiger partial charge in [0.15, 0.2) is 9.84 Å². The van der Waals surface area contributed by atoms with Gasteiger partial charge in [-0.1, -0.05) is 43.2 Å². The second-order valence-electron chi connectivity index (χ2n) is 18.9. The number of allylic oxidation sites excluding steroid dienone is 1. The molecule has 2 aliphatic heterocycles. The molecular weight excluding hydrogens is 786 g/mol. The number of nitro benzene ring substituents is 1. The number of rotatable bonds is 14. The van der Waals surface area contributed by atoms with Gasteiger partial charge in [0.1, 0.15) is 17.5 Å². The third-order valence-corrected chi connectivity index (χ3v) is 16.1. The van der Waals surface area contributed by atoms with Gasteiger partial charge in [-0.3, -0.25) is 15.0 Å². The number of nitrogens with zero attached hydrogens (tertiary/aromatic N) is 4. The van der Waals surface area contributed by atoms with E-state index in [1.807, 2.05) is 36.4 Å². The lowest BCUT2D eigenvalue weighted by molar-refractivity contribution is -0.385. The fourth-order valence-corrected chi connectivity index (χ4v) is 12.7. The van der Waals surface area contributed by atoms with Gasteiger partial charge >= 0.3 is 0 Å². The predicted molar refractivity (Wildman–Crippen MR) is 231 cm³/mol. The highest BCUT2D eigenvalue weighted by Gasteiger charge is 2.69. The number of fused-ring (bicyclic) bond motifs is 1. The van der Waals surface area contributed by atoms with E-state index in [2.05, 4.69) is 33.6 Å². The maximum atomic E-state index is 14.1. The second-order valence-corrected chi connectivity index (χ2v) is 21.7. The summed E-state index contributed by atoms with van der Waals surface area (Å²) in [7, 11) is -4.03. The highest BCUT2D eigenvalue weighted by Crippen LogP contribution is 2.75. The molecule has 10 rings (SSSR count). The number of piperazine rings is 1. The van der Waals surface area contributed by atoms with Crippen molar-refractivity contribution in [2.75, 3.05) is 56.6 Å². The molecule has 0 radical (unpaired) electrons. The molecule has 314 valence electrons. The van der Waals surface area contributed by atoms with Gasteiger partial charge in [-0.25, -0.2) is 13.4 Å². The normalized spacial score (nSPS) is 25.4. The van der Waals surface area contributed by atoms with E-state index in [0.29, 0.717) is 58.9 Å². The predicted octanol–water partition coefficient (Wildman–Crippen LogP) is 9.21. The van der Waals surface area contributed by atoms with E-state index in [1.165, 1.54) is 31.4 Å². The molecule has 11 nitrogen and oxygen atoms in total. The fraction of sp³-hybridized carbons (Fsp3) is 0.543. The third-order valence-electron chi connectivity index (χ3n) is 14.0. The van der Waals surface area contributed by atoms with Crippen molar-refractivity contribution in [2.45, 2.75) is 93.9 Å². The van der Waals surface area contributed by atoms with Gasteiger partial charge < -0.3 is 19.4 Å². The van der Waals surface area contributed by atoms with Crippen molar-refractivity contribution in [3.05, 3.63) is 99.4 Å². The number of aromatic nitrogens is 2. The van der Waals surface area contributed by atoms with Crippen molar-refractivity contribution in [3.8, 4) is 5.75 Å². The summed E-state index contributed by atoms with van der Waals surface area (Å²) in [5, 5.41) is 13.1. The number of alkyl halides is 1. The number of sulfone groups is 1. The minimum absolute atomic E-state index is 0.0787. The quantitative estimate of drug-likeness (QED) is 0.0572. The van der Waals surface area contributed by atoms with Crippen molar-refractivity contribution in [2.24, 2.45) is 16.7 Å². The first-order chi connectivity index (χ1) is 28.3. The molecule has 2 saturated heterocycles. The minimum Gasteiger partial charge on any atom is -0.483 e. The molecule has 0 spiro atoms. The molecule has 0 amide bonds. The van der Waals surface area contributed by atoms with Crippen LogP contribution in [-0.4, -0.2) is 84.8 Å². The molecule has 1 N–H and O–H groups in total. The van der Waals surface area contributed by atoms with Crippen molar-refractivity contribution in [1.82, 2.24) is 14.9 Å². The Balaban J connectivity index is 0.898. The Bertz CT molecular complexity index is 2330. The van der Waals surface area contributed by atoms with E-state index in [4.69, 9.17) is 21.1 Å². The van der Waals surface area contributed by atoms with Gasteiger partial charge in [0.25, 0.3) is 5.69 Å². The Morgan fingerprint density at radius 3 is 2.49 bits per heavy atom. The first-order valence-electron chi connectivity index (χ1n) is 21.4. The average molecular weight is 843 g/mol. The van der Waals surface area contributed by atoms with E-state index < -0.39 is 26.6 Å². The highest BCUT2D eigenvalue weighted by molar-refractivity contribution is 7.91. The van der Waals surface area contributed by atoms with Crippen LogP contribution in [0.2, 0.25) is 0 Å². The number of halogens is 1. The molecule has 2 aromatic heterocycles. The molecule has 3 saturated carbocycles. The van der Waals surface area contributed by atoms with Crippen LogP contribution in [0, 0.1) is 26.9 Å². The number of aryl methyl sites for hydroxylation is 1. The lowest BCUT2D eigenvalue weighted by Crippen LogP contribution is -2.65. The molecule has 59 heavy (non-hydrogen) atoms. The molecule has 13 heteroatoms. The van der Waals surface area contributed by atoms with Gasteiger partial charge in [-0.05, 0) is 117 Å². The minimum atomic E-state index is -4.03. The van der Waals surface area contributed by atoms with Crippen LogP contribution in [0.1, 0.15) is 88.9 Å². The van der Waals surface area contributed by atoms with E-state index in [-0.39, 0.29) is 15.5 Å². The number of aromatic amines is 1.